The van der Waals surface area contributed by atoms with Gasteiger partial charge in [0.15, 0.2) is 6.29 Å². The molecule has 0 heterocycles. The van der Waals surface area contributed by atoms with Crippen molar-refractivity contribution in [3.8, 4) is 0 Å². The summed E-state index contributed by atoms with van der Waals surface area (Å²) in [5.41, 5.74) is 0. The van der Waals surface area contributed by atoms with E-state index in [1.165, 1.54) is 44.7 Å². The first kappa shape index (κ1) is 15.2. The fourth-order valence-electron chi connectivity index (χ4n) is 2.84. The van der Waals surface area contributed by atoms with E-state index >= 15 is 0 Å². The molecular weight excluding hydrogens is 230 g/mol. The van der Waals surface area contributed by atoms with E-state index in [1.807, 2.05) is 0 Å². The van der Waals surface area contributed by atoms with Gasteiger partial charge >= 0.3 is 0 Å². The average Bonchev–Trinajstić information content (AvgIpc) is 2.40. The highest BCUT2D eigenvalue weighted by atomic mass is 28.2. The molecule has 0 radical (unpaired) electrons. The first-order valence-electron chi connectivity index (χ1n) is 7.11. The van der Waals surface area contributed by atoms with E-state index in [1.54, 1.807) is 14.2 Å². The first-order chi connectivity index (χ1) is 8.31. The lowest BCUT2D eigenvalue weighted by molar-refractivity contribution is -0.103. The number of hydrogen-bond acceptors (Lipinski definition) is 3. The largest absolute Gasteiger partial charge is 0.356 e. The molecule has 0 aromatic rings. The van der Waals surface area contributed by atoms with Gasteiger partial charge in [0.05, 0.1) is 9.68 Å². The molecule has 1 aliphatic carbocycles. The van der Waals surface area contributed by atoms with Crippen molar-refractivity contribution in [3.05, 3.63) is 0 Å². The molecule has 0 saturated heterocycles. The van der Waals surface area contributed by atoms with Crippen LogP contribution in [0.15, 0.2) is 0 Å². The SMILES string of the molecule is CCN([SiH2]CCC(OC)OC)C1CCCCC1. The number of ether oxygens (including phenoxy) is 2. The molecule has 1 saturated carbocycles. The summed E-state index contributed by atoms with van der Waals surface area (Å²) in [6.45, 7) is 3.55. The van der Waals surface area contributed by atoms with Crippen molar-refractivity contribution in [2.75, 3.05) is 20.8 Å². The van der Waals surface area contributed by atoms with Crippen LogP contribution in [0.4, 0.5) is 0 Å². The molecule has 0 N–H and O–H groups in total. The molecule has 0 unspecified atom stereocenters. The molecule has 0 spiro atoms. The van der Waals surface area contributed by atoms with Crippen molar-refractivity contribution in [2.24, 2.45) is 0 Å². The monoisotopic (exact) mass is 259 g/mol. The summed E-state index contributed by atoms with van der Waals surface area (Å²) in [6.07, 6.45) is 8.25. The maximum atomic E-state index is 5.24. The lowest BCUT2D eigenvalue weighted by Crippen LogP contribution is -2.39. The molecule has 1 aliphatic rings. The van der Waals surface area contributed by atoms with Crippen LogP contribution in [0.3, 0.4) is 0 Å². The molecule has 1 fully saturated rings. The zero-order valence-electron chi connectivity index (χ0n) is 11.8. The molecule has 0 aromatic heterocycles. The summed E-state index contributed by atoms with van der Waals surface area (Å²) < 4.78 is 13.3. The molecule has 0 atom stereocenters. The maximum absolute atomic E-state index is 5.24. The van der Waals surface area contributed by atoms with Crippen molar-refractivity contribution in [1.82, 2.24) is 4.57 Å². The smallest absolute Gasteiger partial charge is 0.156 e. The third kappa shape index (κ3) is 5.51. The highest BCUT2D eigenvalue weighted by molar-refractivity contribution is 6.32. The summed E-state index contributed by atoms with van der Waals surface area (Å²) in [7, 11) is 3.35. The van der Waals surface area contributed by atoms with Crippen LogP contribution in [0.5, 0.6) is 0 Å². The molecule has 17 heavy (non-hydrogen) atoms. The predicted octanol–water partition coefficient (Wildman–Crippen LogP) is 2.15. The van der Waals surface area contributed by atoms with Crippen LogP contribution in [-0.4, -0.2) is 47.3 Å². The standard InChI is InChI=1S/C13H29NO2Si/c1-4-14(12-8-6-5-7-9-12)17-11-10-13(15-2)16-3/h12-13H,4-11,17H2,1-3H3. The average molecular weight is 259 g/mol. The number of methoxy groups -OCH3 is 2. The molecule has 0 bridgehead atoms. The Labute approximate surface area is 109 Å². The van der Waals surface area contributed by atoms with Gasteiger partial charge in [-0.05, 0) is 31.9 Å². The van der Waals surface area contributed by atoms with Crippen molar-refractivity contribution in [3.63, 3.8) is 0 Å². The summed E-state index contributed by atoms with van der Waals surface area (Å²) in [5, 5.41) is 0. The Morgan fingerprint density at radius 3 is 2.35 bits per heavy atom. The lowest BCUT2D eigenvalue weighted by Gasteiger charge is -2.33. The Bertz CT molecular complexity index is 182. The van der Waals surface area contributed by atoms with E-state index in [2.05, 4.69) is 11.5 Å². The van der Waals surface area contributed by atoms with Gasteiger partial charge < -0.3 is 14.0 Å². The van der Waals surface area contributed by atoms with Gasteiger partial charge in [-0.1, -0.05) is 26.2 Å². The molecule has 3 nitrogen and oxygen atoms in total. The van der Waals surface area contributed by atoms with Gasteiger partial charge in [-0.2, -0.15) is 0 Å². The minimum atomic E-state index is -0.108. The fourth-order valence-corrected chi connectivity index (χ4v) is 4.81. The van der Waals surface area contributed by atoms with E-state index in [-0.39, 0.29) is 16.0 Å². The van der Waals surface area contributed by atoms with E-state index in [0.717, 1.165) is 12.5 Å². The zero-order chi connectivity index (χ0) is 12.5. The number of nitrogens with zero attached hydrogens (tertiary/aromatic N) is 1. The van der Waals surface area contributed by atoms with Crippen molar-refractivity contribution in [1.29, 1.82) is 0 Å². The Kier molecular flexibility index (Phi) is 8.10. The lowest BCUT2D eigenvalue weighted by atomic mass is 9.95. The van der Waals surface area contributed by atoms with Crippen LogP contribution < -0.4 is 0 Å². The molecule has 1 rings (SSSR count). The van der Waals surface area contributed by atoms with Crippen molar-refractivity contribution in [2.45, 2.75) is 63.8 Å². The molecule has 0 aliphatic heterocycles. The molecular formula is C13H29NO2Si. The van der Waals surface area contributed by atoms with Gasteiger partial charge in [0.25, 0.3) is 0 Å². The van der Waals surface area contributed by atoms with Gasteiger partial charge in [0.1, 0.15) is 0 Å². The number of rotatable bonds is 8. The quantitative estimate of drug-likeness (QED) is 0.492. The second kappa shape index (κ2) is 9.08. The third-order valence-corrected chi connectivity index (χ3v) is 6.17. The Hall–Kier alpha value is 0.0969. The molecule has 102 valence electrons. The third-order valence-electron chi connectivity index (χ3n) is 3.91. The summed E-state index contributed by atoms with van der Waals surface area (Å²) in [6, 6.07) is 2.19. The minimum Gasteiger partial charge on any atom is -0.356 e. The van der Waals surface area contributed by atoms with E-state index < -0.39 is 0 Å². The fraction of sp³-hybridized carbons (Fsp3) is 1.00. The minimum absolute atomic E-state index is 0.00700. The summed E-state index contributed by atoms with van der Waals surface area (Å²) >= 11 is 0. The summed E-state index contributed by atoms with van der Waals surface area (Å²) in [4.78, 5) is 0. The maximum Gasteiger partial charge on any atom is 0.156 e. The van der Waals surface area contributed by atoms with Crippen molar-refractivity contribution >= 4 is 9.68 Å². The zero-order valence-corrected chi connectivity index (χ0v) is 13.2. The highest BCUT2D eigenvalue weighted by Gasteiger charge is 2.19. The van der Waals surface area contributed by atoms with Gasteiger partial charge in [0, 0.05) is 20.3 Å². The Morgan fingerprint density at radius 1 is 1.18 bits per heavy atom. The van der Waals surface area contributed by atoms with E-state index in [4.69, 9.17) is 9.47 Å². The van der Waals surface area contributed by atoms with E-state index in [9.17, 15) is 0 Å². The van der Waals surface area contributed by atoms with Gasteiger partial charge in [-0.3, -0.25) is 0 Å². The van der Waals surface area contributed by atoms with Crippen LogP contribution in [0.25, 0.3) is 0 Å². The van der Waals surface area contributed by atoms with E-state index in [0.29, 0.717) is 0 Å². The van der Waals surface area contributed by atoms with Gasteiger partial charge in [-0.15, -0.1) is 0 Å². The Balaban J connectivity index is 2.21. The van der Waals surface area contributed by atoms with Crippen LogP contribution in [-0.2, 0) is 9.47 Å². The van der Waals surface area contributed by atoms with Crippen LogP contribution >= 0.6 is 0 Å². The van der Waals surface area contributed by atoms with Crippen molar-refractivity contribution < 1.29 is 9.47 Å². The predicted molar refractivity (Wildman–Crippen MR) is 75.0 cm³/mol. The highest BCUT2D eigenvalue weighted by Crippen LogP contribution is 2.22. The molecule has 0 amide bonds. The van der Waals surface area contributed by atoms with Crippen LogP contribution in [0.1, 0.15) is 45.4 Å². The first-order valence-corrected chi connectivity index (χ1v) is 8.74. The van der Waals surface area contributed by atoms with Crippen LogP contribution in [0, 0.1) is 0 Å². The topological polar surface area (TPSA) is 21.7 Å². The number of hydrogen-bond donors (Lipinski definition) is 0. The van der Waals surface area contributed by atoms with Gasteiger partial charge in [0.2, 0.25) is 0 Å². The second-order valence-electron chi connectivity index (χ2n) is 4.96. The molecule has 4 heteroatoms. The second-order valence-corrected chi connectivity index (χ2v) is 6.93. The molecule has 0 aromatic carbocycles. The van der Waals surface area contributed by atoms with Crippen LogP contribution in [0.2, 0.25) is 6.04 Å². The normalized spacial score (nSPS) is 18.9. The Morgan fingerprint density at radius 2 is 1.82 bits per heavy atom. The summed E-state index contributed by atoms with van der Waals surface area (Å²) in [5.74, 6) is 0. The van der Waals surface area contributed by atoms with Gasteiger partial charge in [-0.25, -0.2) is 0 Å².